The quantitative estimate of drug-likeness (QED) is 0.863. The van der Waals surface area contributed by atoms with Crippen LogP contribution in [0.1, 0.15) is 12.7 Å². The molecule has 0 unspecified atom stereocenters. The van der Waals surface area contributed by atoms with Crippen molar-refractivity contribution in [3.05, 3.63) is 29.0 Å². The summed E-state index contributed by atoms with van der Waals surface area (Å²) in [6.45, 7) is 3.38. The summed E-state index contributed by atoms with van der Waals surface area (Å²) in [7, 11) is 4.00. The number of halogens is 1. The number of aryl methyl sites for hydroxylation is 1. The highest BCUT2D eigenvalue weighted by atomic mass is 35.5. The van der Waals surface area contributed by atoms with Gasteiger partial charge in [-0.25, -0.2) is 4.98 Å². The molecule has 0 aliphatic carbocycles. The number of fused-ring (bicyclic) bond motifs is 1. The molecule has 2 aromatic rings. The molecule has 5 heteroatoms. The zero-order chi connectivity index (χ0) is 14.0. The van der Waals surface area contributed by atoms with E-state index in [-0.39, 0.29) is 5.92 Å². The van der Waals surface area contributed by atoms with Gasteiger partial charge >= 0.3 is 0 Å². The lowest BCUT2D eigenvalue weighted by molar-refractivity contribution is 0.293. The number of hydrogen-bond acceptors (Lipinski definition) is 3. The fourth-order valence-corrected chi connectivity index (χ4v) is 2.34. The Labute approximate surface area is 118 Å². The normalized spacial score (nSPS) is 12.8. The zero-order valence-electron chi connectivity index (χ0n) is 11.4. The van der Waals surface area contributed by atoms with Crippen molar-refractivity contribution >= 4 is 22.6 Å². The minimum atomic E-state index is 0.0223. The highest BCUT2D eigenvalue weighted by Crippen LogP contribution is 2.20. The largest absolute Gasteiger partial charge is 0.330 e. The van der Waals surface area contributed by atoms with Crippen LogP contribution < -0.4 is 0 Å². The first kappa shape index (κ1) is 13.9. The summed E-state index contributed by atoms with van der Waals surface area (Å²) in [5, 5.41) is 9.53. The Hall–Kier alpha value is -1.57. The van der Waals surface area contributed by atoms with Gasteiger partial charge in [-0.15, -0.1) is 0 Å². The molecule has 0 N–H and O–H groups in total. The Kier molecular flexibility index (Phi) is 4.08. The molecule has 1 aromatic carbocycles. The second kappa shape index (κ2) is 5.60. The lowest BCUT2D eigenvalue weighted by atomic mass is 10.2. The highest BCUT2D eigenvalue weighted by molar-refractivity contribution is 6.31. The Morgan fingerprint density at radius 1 is 1.53 bits per heavy atom. The molecule has 0 saturated carbocycles. The third-order valence-electron chi connectivity index (χ3n) is 3.15. The van der Waals surface area contributed by atoms with Crippen molar-refractivity contribution in [3.63, 3.8) is 0 Å². The SMILES string of the molecule is C[C@H](C#N)CN(C)Cc1nc2cc(Cl)ccc2n1C. The number of aromatic nitrogens is 2. The predicted octanol–water partition coefficient (Wildman–Crippen LogP) is 2.82. The first-order valence-electron chi connectivity index (χ1n) is 6.20. The fraction of sp³-hybridized carbons (Fsp3) is 0.429. The first-order valence-corrected chi connectivity index (χ1v) is 6.58. The van der Waals surface area contributed by atoms with Crippen LogP contribution in [0.2, 0.25) is 5.02 Å². The van der Waals surface area contributed by atoms with Gasteiger partial charge in [-0.2, -0.15) is 5.26 Å². The molecule has 0 saturated heterocycles. The Balaban J connectivity index is 2.21. The average Bonchev–Trinajstić information content (AvgIpc) is 2.65. The summed E-state index contributed by atoms with van der Waals surface area (Å²) in [5.74, 6) is 0.999. The standard InChI is InChI=1S/C14H17ClN4/c1-10(7-16)8-18(2)9-14-17-12-6-11(15)4-5-13(12)19(14)3/h4-6,10H,8-9H2,1-3H3/t10-/m1/s1. The summed E-state index contributed by atoms with van der Waals surface area (Å²) < 4.78 is 2.07. The van der Waals surface area contributed by atoms with Crippen LogP contribution in [0, 0.1) is 17.2 Å². The third-order valence-corrected chi connectivity index (χ3v) is 3.39. The van der Waals surface area contributed by atoms with E-state index in [1.807, 2.05) is 39.2 Å². The van der Waals surface area contributed by atoms with Gasteiger partial charge in [0.2, 0.25) is 0 Å². The molecule has 0 aliphatic rings. The summed E-state index contributed by atoms with van der Waals surface area (Å²) in [6.07, 6.45) is 0. The van der Waals surface area contributed by atoms with Gasteiger partial charge in [0.1, 0.15) is 5.82 Å². The minimum absolute atomic E-state index is 0.0223. The summed E-state index contributed by atoms with van der Waals surface area (Å²) >= 11 is 5.98. The van der Waals surface area contributed by atoms with E-state index < -0.39 is 0 Å². The van der Waals surface area contributed by atoms with E-state index in [0.29, 0.717) is 5.02 Å². The smallest absolute Gasteiger partial charge is 0.123 e. The molecule has 0 amide bonds. The number of imidazole rings is 1. The molecule has 0 radical (unpaired) electrons. The first-order chi connectivity index (χ1) is 9.01. The molecule has 2 rings (SSSR count). The maximum Gasteiger partial charge on any atom is 0.123 e. The van der Waals surface area contributed by atoms with Crippen LogP contribution in [0.25, 0.3) is 11.0 Å². The van der Waals surface area contributed by atoms with Crippen molar-refractivity contribution in [2.45, 2.75) is 13.5 Å². The van der Waals surface area contributed by atoms with Crippen molar-refractivity contribution in [1.29, 1.82) is 5.26 Å². The number of benzene rings is 1. The molecule has 1 aromatic heterocycles. The number of nitrogens with zero attached hydrogens (tertiary/aromatic N) is 4. The van der Waals surface area contributed by atoms with E-state index in [1.54, 1.807) is 0 Å². The van der Waals surface area contributed by atoms with E-state index in [4.69, 9.17) is 16.9 Å². The fourth-order valence-electron chi connectivity index (χ4n) is 2.18. The maximum atomic E-state index is 8.84. The van der Waals surface area contributed by atoms with Crippen molar-refractivity contribution < 1.29 is 0 Å². The number of nitriles is 1. The van der Waals surface area contributed by atoms with Gasteiger partial charge in [-0.1, -0.05) is 11.6 Å². The van der Waals surface area contributed by atoms with E-state index >= 15 is 0 Å². The van der Waals surface area contributed by atoms with Gasteiger partial charge in [0.15, 0.2) is 0 Å². The average molecular weight is 277 g/mol. The Bertz CT molecular complexity index is 626. The molecule has 1 heterocycles. The minimum Gasteiger partial charge on any atom is -0.330 e. The highest BCUT2D eigenvalue weighted by Gasteiger charge is 2.12. The summed E-state index contributed by atoms with van der Waals surface area (Å²) in [6, 6.07) is 7.97. The number of rotatable bonds is 4. The predicted molar refractivity (Wildman–Crippen MR) is 76.8 cm³/mol. The van der Waals surface area contributed by atoms with Crippen LogP contribution in [-0.4, -0.2) is 28.0 Å². The molecule has 0 aliphatic heterocycles. The van der Waals surface area contributed by atoms with Gasteiger partial charge in [-0.3, -0.25) is 4.90 Å². The molecule has 19 heavy (non-hydrogen) atoms. The zero-order valence-corrected chi connectivity index (χ0v) is 12.1. The topological polar surface area (TPSA) is 44.9 Å². The van der Waals surface area contributed by atoms with Crippen LogP contribution >= 0.6 is 11.6 Å². The molecule has 0 spiro atoms. The molecule has 4 nitrogen and oxygen atoms in total. The van der Waals surface area contributed by atoms with Crippen molar-refractivity contribution in [1.82, 2.24) is 14.5 Å². The Morgan fingerprint density at radius 3 is 2.95 bits per heavy atom. The van der Waals surface area contributed by atoms with Gasteiger partial charge in [0.25, 0.3) is 0 Å². The van der Waals surface area contributed by atoms with Gasteiger partial charge in [-0.05, 0) is 32.2 Å². The maximum absolute atomic E-state index is 8.84. The molecule has 100 valence electrons. The lowest BCUT2D eigenvalue weighted by Gasteiger charge is -2.17. The van der Waals surface area contributed by atoms with Crippen LogP contribution in [0.3, 0.4) is 0 Å². The second-order valence-corrected chi connectivity index (χ2v) is 5.38. The van der Waals surface area contributed by atoms with Gasteiger partial charge < -0.3 is 4.57 Å². The van der Waals surface area contributed by atoms with Crippen LogP contribution in [0.5, 0.6) is 0 Å². The van der Waals surface area contributed by atoms with E-state index in [9.17, 15) is 0 Å². The summed E-state index contributed by atoms with van der Waals surface area (Å²) in [4.78, 5) is 6.71. The van der Waals surface area contributed by atoms with Crippen LogP contribution in [0.15, 0.2) is 18.2 Å². The monoisotopic (exact) mass is 276 g/mol. The molecule has 0 bridgehead atoms. The van der Waals surface area contributed by atoms with Crippen molar-refractivity contribution in [2.24, 2.45) is 13.0 Å². The van der Waals surface area contributed by atoms with E-state index in [0.717, 1.165) is 29.9 Å². The van der Waals surface area contributed by atoms with Crippen LogP contribution in [0.4, 0.5) is 0 Å². The van der Waals surface area contributed by atoms with Gasteiger partial charge in [0.05, 0.1) is 29.6 Å². The van der Waals surface area contributed by atoms with E-state index in [1.165, 1.54) is 0 Å². The molecular formula is C14H17ClN4. The molecule has 0 fully saturated rings. The van der Waals surface area contributed by atoms with Crippen molar-refractivity contribution in [2.75, 3.05) is 13.6 Å². The summed E-state index contributed by atoms with van der Waals surface area (Å²) in [5.41, 5.74) is 1.98. The van der Waals surface area contributed by atoms with Crippen LogP contribution in [-0.2, 0) is 13.6 Å². The molecule has 1 atom stereocenters. The Morgan fingerprint density at radius 2 is 2.26 bits per heavy atom. The molecular weight excluding hydrogens is 260 g/mol. The second-order valence-electron chi connectivity index (χ2n) is 4.95. The number of hydrogen-bond donors (Lipinski definition) is 0. The third kappa shape index (κ3) is 3.06. The van der Waals surface area contributed by atoms with E-state index in [2.05, 4.69) is 20.5 Å². The lowest BCUT2D eigenvalue weighted by Crippen LogP contribution is -2.24. The van der Waals surface area contributed by atoms with Crippen molar-refractivity contribution in [3.8, 4) is 6.07 Å². The van der Waals surface area contributed by atoms with Gasteiger partial charge in [0, 0.05) is 18.6 Å².